The van der Waals surface area contributed by atoms with Crippen LogP contribution in [0.2, 0.25) is 10.0 Å². The van der Waals surface area contributed by atoms with Crippen molar-refractivity contribution in [2.24, 2.45) is 0 Å². The highest BCUT2D eigenvalue weighted by molar-refractivity contribution is 6.35. The van der Waals surface area contributed by atoms with Gasteiger partial charge in [-0.25, -0.2) is 0 Å². The van der Waals surface area contributed by atoms with E-state index in [9.17, 15) is 9.59 Å². The molecule has 2 aromatic carbocycles. The molecule has 0 atom stereocenters. The van der Waals surface area contributed by atoms with Crippen molar-refractivity contribution in [3.63, 3.8) is 0 Å². The number of carbonyl (C=O) groups excluding carboxylic acids is 1. The van der Waals surface area contributed by atoms with Crippen molar-refractivity contribution in [3.8, 4) is 5.75 Å². The summed E-state index contributed by atoms with van der Waals surface area (Å²) in [5.74, 6) is 0.451. The van der Waals surface area contributed by atoms with Gasteiger partial charge in [0.15, 0.2) is 0 Å². The van der Waals surface area contributed by atoms with Crippen LogP contribution in [-0.2, 0) is 11.3 Å². The molecule has 5 nitrogen and oxygen atoms in total. The molecule has 0 bridgehead atoms. The number of hydrogen-bond acceptors (Lipinski definition) is 3. The van der Waals surface area contributed by atoms with Gasteiger partial charge in [0.05, 0.1) is 18.2 Å². The lowest BCUT2D eigenvalue weighted by Crippen LogP contribution is -2.18. The fraction of sp³-hybridized carbons (Fsp3) is 0.182. The maximum atomic E-state index is 12.1. The summed E-state index contributed by atoms with van der Waals surface area (Å²) in [6, 6.07) is 17.5. The van der Waals surface area contributed by atoms with Crippen molar-refractivity contribution < 1.29 is 9.53 Å². The molecule has 0 fully saturated rings. The van der Waals surface area contributed by atoms with E-state index in [-0.39, 0.29) is 11.5 Å². The third-order valence-corrected chi connectivity index (χ3v) is 4.72. The van der Waals surface area contributed by atoms with Crippen LogP contribution in [0.25, 0.3) is 0 Å². The number of nitrogens with one attached hydrogen (secondary N) is 1. The normalized spacial score (nSPS) is 10.6. The first-order chi connectivity index (χ1) is 14.0. The largest absolute Gasteiger partial charge is 0.492 e. The molecular formula is C22H20Cl2N2O3. The Hall–Kier alpha value is -2.76. The standard InChI is InChI=1S/C22H20Cl2N2O3/c23-17-8-11-20(19(24)14-17)29-13-3-4-21(27)25-18-9-6-16(7-10-18)15-26-12-2-1-5-22(26)28/h1-2,5-12,14H,3-4,13,15H2,(H,25,27). The minimum Gasteiger partial charge on any atom is -0.492 e. The van der Waals surface area contributed by atoms with E-state index in [4.69, 9.17) is 27.9 Å². The van der Waals surface area contributed by atoms with E-state index < -0.39 is 0 Å². The van der Waals surface area contributed by atoms with Crippen molar-refractivity contribution in [3.05, 3.63) is 92.8 Å². The van der Waals surface area contributed by atoms with Crippen LogP contribution in [-0.4, -0.2) is 17.1 Å². The third-order valence-electron chi connectivity index (χ3n) is 4.19. The summed E-state index contributed by atoms with van der Waals surface area (Å²) in [6.07, 6.45) is 2.63. The van der Waals surface area contributed by atoms with Gasteiger partial charge < -0.3 is 14.6 Å². The number of ether oxygens (including phenoxy) is 1. The molecule has 0 radical (unpaired) electrons. The maximum absolute atomic E-state index is 12.1. The summed E-state index contributed by atoms with van der Waals surface area (Å²) >= 11 is 11.9. The first-order valence-electron chi connectivity index (χ1n) is 9.13. The Kier molecular flexibility index (Phi) is 7.33. The Bertz CT molecular complexity index is 1030. The van der Waals surface area contributed by atoms with E-state index >= 15 is 0 Å². The molecule has 150 valence electrons. The van der Waals surface area contributed by atoms with E-state index in [0.29, 0.717) is 47.5 Å². The van der Waals surface area contributed by atoms with Gasteiger partial charge >= 0.3 is 0 Å². The van der Waals surface area contributed by atoms with Gasteiger partial charge in [0.2, 0.25) is 5.91 Å². The number of amides is 1. The van der Waals surface area contributed by atoms with E-state index in [2.05, 4.69) is 5.32 Å². The number of anilines is 1. The summed E-state index contributed by atoms with van der Waals surface area (Å²) in [4.78, 5) is 23.9. The smallest absolute Gasteiger partial charge is 0.250 e. The molecule has 0 aliphatic heterocycles. The van der Waals surface area contributed by atoms with Crippen molar-refractivity contribution in [1.82, 2.24) is 4.57 Å². The van der Waals surface area contributed by atoms with Gasteiger partial charge in [-0.2, -0.15) is 0 Å². The second kappa shape index (κ2) is 10.1. The molecule has 7 heteroatoms. The Balaban J connectivity index is 1.43. The van der Waals surface area contributed by atoms with Crippen molar-refractivity contribution >= 4 is 34.8 Å². The van der Waals surface area contributed by atoms with Gasteiger partial charge in [0, 0.05) is 29.4 Å². The first-order valence-corrected chi connectivity index (χ1v) is 9.89. The summed E-state index contributed by atoms with van der Waals surface area (Å²) in [5, 5.41) is 3.84. The number of pyridine rings is 1. The topological polar surface area (TPSA) is 60.3 Å². The summed E-state index contributed by atoms with van der Waals surface area (Å²) in [5.41, 5.74) is 1.64. The van der Waals surface area contributed by atoms with Gasteiger partial charge in [0.1, 0.15) is 5.75 Å². The first kappa shape index (κ1) is 21.0. The minimum absolute atomic E-state index is 0.0491. The molecular weight excluding hydrogens is 411 g/mol. The third kappa shape index (κ3) is 6.38. The fourth-order valence-electron chi connectivity index (χ4n) is 2.71. The highest BCUT2D eigenvalue weighted by Crippen LogP contribution is 2.27. The van der Waals surface area contributed by atoms with Crippen LogP contribution >= 0.6 is 23.2 Å². The molecule has 0 saturated heterocycles. The van der Waals surface area contributed by atoms with Crippen molar-refractivity contribution in [2.45, 2.75) is 19.4 Å². The second-order valence-electron chi connectivity index (χ2n) is 6.44. The van der Waals surface area contributed by atoms with E-state index in [0.717, 1.165) is 5.56 Å². The number of aromatic nitrogens is 1. The molecule has 29 heavy (non-hydrogen) atoms. The number of hydrogen-bond donors (Lipinski definition) is 1. The summed E-state index contributed by atoms with van der Waals surface area (Å²) < 4.78 is 7.20. The Morgan fingerprint density at radius 1 is 1.03 bits per heavy atom. The van der Waals surface area contributed by atoms with E-state index in [1.54, 1.807) is 35.0 Å². The molecule has 0 saturated carbocycles. The van der Waals surface area contributed by atoms with E-state index in [1.165, 1.54) is 6.07 Å². The number of halogens is 2. The molecule has 3 rings (SSSR count). The Morgan fingerprint density at radius 3 is 2.55 bits per heavy atom. The zero-order valence-corrected chi connectivity index (χ0v) is 17.1. The van der Waals surface area contributed by atoms with Gasteiger partial charge in [-0.15, -0.1) is 0 Å². The lowest BCUT2D eigenvalue weighted by atomic mass is 10.2. The highest BCUT2D eigenvalue weighted by Gasteiger charge is 2.05. The molecule has 1 N–H and O–H groups in total. The molecule has 0 unspecified atom stereocenters. The molecule has 1 amide bonds. The van der Waals surface area contributed by atoms with Gasteiger partial charge in [-0.1, -0.05) is 41.4 Å². The molecule has 0 spiro atoms. The molecule has 0 aliphatic rings. The van der Waals surface area contributed by atoms with Gasteiger partial charge in [-0.3, -0.25) is 9.59 Å². The molecule has 1 aromatic heterocycles. The van der Waals surface area contributed by atoms with Crippen LogP contribution in [0, 0.1) is 0 Å². The SMILES string of the molecule is O=C(CCCOc1ccc(Cl)cc1Cl)Nc1ccc(Cn2ccccc2=O)cc1. The average molecular weight is 431 g/mol. The number of nitrogens with zero attached hydrogens (tertiary/aromatic N) is 1. The predicted octanol–water partition coefficient (Wildman–Crippen LogP) is 5.00. The molecule has 0 aliphatic carbocycles. The van der Waals surface area contributed by atoms with Gasteiger partial charge in [-0.05, 0) is 48.4 Å². The summed E-state index contributed by atoms with van der Waals surface area (Å²) in [6.45, 7) is 0.859. The minimum atomic E-state index is -0.0946. The van der Waals surface area contributed by atoms with Crippen LogP contribution in [0.5, 0.6) is 5.75 Å². The fourth-order valence-corrected chi connectivity index (χ4v) is 3.18. The van der Waals surface area contributed by atoms with Crippen molar-refractivity contribution in [1.29, 1.82) is 0 Å². The average Bonchev–Trinajstić information content (AvgIpc) is 2.70. The maximum Gasteiger partial charge on any atom is 0.250 e. The number of carbonyl (C=O) groups is 1. The van der Waals surface area contributed by atoms with Crippen LogP contribution < -0.4 is 15.6 Å². The van der Waals surface area contributed by atoms with Crippen molar-refractivity contribution in [2.75, 3.05) is 11.9 Å². The van der Waals surface area contributed by atoms with Crippen LogP contribution in [0.3, 0.4) is 0 Å². The lowest BCUT2D eigenvalue weighted by molar-refractivity contribution is -0.116. The predicted molar refractivity (Wildman–Crippen MR) is 116 cm³/mol. The van der Waals surface area contributed by atoms with Crippen LogP contribution in [0.1, 0.15) is 18.4 Å². The monoisotopic (exact) mass is 430 g/mol. The van der Waals surface area contributed by atoms with Gasteiger partial charge in [0.25, 0.3) is 5.56 Å². The second-order valence-corrected chi connectivity index (χ2v) is 7.28. The highest BCUT2D eigenvalue weighted by atomic mass is 35.5. The lowest BCUT2D eigenvalue weighted by Gasteiger charge is -2.09. The quantitative estimate of drug-likeness (QED) is 0.511. The number of rotatable bonds is 8. The molecule has 3 aromatic rings. The zero-order valence-electron chi connectivity index (χ0n) is 15.6. The number of benzene rings is 2. The molecule has 1 heterocycles. The van der Waals surface area contributed by atoms with E-state index in [1.807, 2.05) is 30.3 Å². The Labute approximate surface area is 178 Å². The van der Waals surface area contributed by atoms with Crippen LogP contribution in [0.4, 0.5) is 5.69 Å². The Morgan fingerprint density at radius 2 is 1.83 bits per heavy atom. The zero-order chi connectivity index (χ0) is 20.6. The van der Waals surface area contributed by atoms with Crippen LogP contribution in [0.15, 0.2) is 71.7 Å². The summed E-state index contributed by atoms with van der Waals surface area (Å²) in [7, 11) is 0.